The van der Waals surface area contributed by atoms with Gasteiger partial charge >= 0.3 is 0 Å². The Morgan fingerprint density at radius 2 is 1.75 bits per heavy atom. The van der Waals surface area contributed by atoms with E-state index < -0.39 is 10.0 Å². The van der Waals surface area contributed by atoms with Gasteiger partial charge in [-0.3, -0.25) is 14.5 Å². The van der Waals surface area contributed by atoms with Crippen molar-refractivity contribution in [1.29, 1.82) is 0 Å². The van der Waals surface area contributed by atoms with Gasteiger partial charge in [-0.25, -0.2) is 8.42 Å². The summed E-state index contributed by atoms with van der Waals surface area (Å²) in [5.41, 5.74) is 0.358. The maximum atomic E-state index is 13.0. The van der Waals surface area contributed by atoms with Gasteiger partial charge < -0.3 is 14.7 Å². The summed E-state index contributed by atoms with van der Waals surface area (Å²) in [6, 6.07) is 0.164. The van der Waals surface area contributed by atoms with Crippen LogP contribution in [0.5, 0.6) is 0 Å². The van der Waals surface area contributed by atoms with E-state index in [0.717, 1.165) is 6.42 Å². The summed E-state index contributed by atoms with van der Waals surface area (Å²) in [5.74, 6) is 0.219. The molecule has 10 nitrogen and oxygen atoms in total. The highest BCUT2D eigenvalue weighted by atomic mass is 32.2. The summed E-state index contributed by atoms with van der Waals surface area (Å²) >= 11 is 0. The van der Waals surface area contributed by atoms with Crippen LogP contribution < -0.4 is 5.32 Å². The van der Waals surface area contributed by atoms with Crippen LogP contribution in [0.3, 0.4) is 0 Å². The average Bonchev–Trinajstić information content (AvgIpc) is 3.12. The SMILES string of the molecule is CCC(C)NC(=O)CN1CCN(C(=O)C2CCN(S(=O)(=O)c3c(C)noc3C)CC2)CC1. The minimum atomic E-state index is -3.68. The first-order chi connectivity index (χ1) is 15.1. The second-order valence-corrected chi connectivity index (χ2v) is 10.7. The lowest BCUT2D eigenvalue weighted by Gasteiger charge is -2.38. The Labute approximate surface area is 190 Å². The van der Waals surface area contributed by atoms with E-state index >= 15 is 0 Å². The molecule has 3 rings (SSSR count). The third-order valence-electron chi connectivity index (χ3n) is 6.44. The zero-order chi connectivity index (χ0) is 23.5. The molecule has 3 heterocycles. The van der Waals surface area contributed by atoms with E-state index in [1.165, 1.54) is 4.31 Å². The molecule has 2 amide bonds. The smallest absolute Gasteiger partial charge is 0.248 e. The van der Waals surface area contributed by atoms with Crippen molar-refractivity contribution in [2.75, 3.05) is 45.8 Å². The maximum Gasteiger partial charge on any atom is 0.248 e. The highest BCUT2D eigenvalue weighted by Crippen LogP contribution is 2.28. The van der Waals surface area contributed by atoms with Gasteiger partial charge in [0.25, 0.3) is 0 Å². The van der Waals surface area contributed by atoms with Crippen molar-refractivity contribution in [2.24, 2.45) is 5.92 Å². The van der Waals surface area contributed by atoms with Crippen molar-refractivity contribution in [3.63, 3.8) is 0 Å². The molecule has 1 aromatic rings. The summed E-state index contributed by atoms with van der Waals surface area (Å²) in [7, 11) is -3.68. The van der Waals surface area contributed by atoms with Crippen molar-refractivity contribution in [3.8, 4) is 0 Å². The van der Waals surface area contributed by atoms with Crippen LogP contribution in [0.15, 0.2) is 9.42 Å². The Hall–Kier alpha value is -1.98. The van der Waals surface area contributed by atoms with Gasteiger partial charge in [-0.15, -0.1) is 0 Å². The Morgan fingerprint density at radius 3 is 2.28 bits per heavy atom. The van der Waals surface area contributed by atoms with Gasteiger partial charge in [-0.1, -0.05) is 12.1 Å². The fraction of sp³-hybridized carbons (Fsp3) is 0.762. The molecular weight excluding hydrogens is 434 g/mol. The molecular formula is C21H35N5O5S. The number of sulfonamides is 1. The van der Waals surface area contributed by atoms with Gasteiger partial charge in [-0.05, 0) is 40.0 Å². The highest BCUT2D eigenvalue weighted by Gasteiger charge is 2.37. The first-order valence-electron chi connectivity index (χ1n) is 11.4. The minimum Gasteiger partial charge on any atom is -0.360 e. The molecule has 32 heavy (non-hydrogen) atoms. The Balaban J connectivity index is 1.48. The molecule has 1 aromatic heterocycles. The second-order valence-electron chi connectivity index (χ2n) is 8.81. The molecule has 2 fully saturated rings. The number of amides is 2. The summed E-state index contributed by atoms with van der Waals surface area (Å²) in [5, 5.41) is 6.72. The van der Waals surface area contributed by atoms with Crippen LogP contribution in [0.2, 0.25) is 0 Å². The Bertz CT molecular complexity index is 896. The normalized spacial score (nSPS) is 20.3. The van der Waals surface area contributed by atoms with Gasteiger partial charge in [-0.2, -0.15) is 4.31 Å². The number of rotatable bonds is 7. The van der Waals surface area contributed by atoms with Crippen LogP contribution in [-0.2, 0) is 19.6 Å². The molecule has 1 atom stereocenters. The number of piperidine rings is 1. The molecule has 1 N–H and O–H groups in total. The van der Waals surface area contributed by atoms with E-state index in [2.05, 4.69) is 15.4 Å². The van der Waals surface area contributed by atoms with Crippen LogP contribution in [-0.4, -0.2) is 91.3 Å². The summed E-state index contributed by atoms with van der Waals surface area (Å²) in [6.07, 6.45) is 1.89. The monoisotopic (exact) mass is 469 g/mol. The standard InChI is InChI=1S/C21H35N5O5S/c1-5-15(2)22-19(27)14-24-10-12-25(13-11-24)21(28)18-6-8-26(9-7-18)32(29,30)20-16(3)23-31-17(20)4/h15,18H,5-14H2,1-4H3,(H,22,27). The molecule has 11 heteroatoms. The molecule has 0 saturated carbocycles. The number of carbonyl (C=O) groups is 2. The van der Waals surface area contributed by atoms with Crippen LogP contribution in [0, 0.1) is 19.8 Å². The van der Waals surface area contributed by atoms with E-state index in [0.29, 0.717) is 64.3 Å². The van der Waals surface area contributed by atoms with E-state index in [1.54, 1.807) is 13.8 Å². The molecule has 2 aliphatic rings. The van der Waals surface area contributed by atoms with E-state index in [-0.39, 0.29) is 34.4 Å². The molecule has 2 aliphatic heterocycles. The highest BCUT2D eigenvalue weighted by molar-refractivity contribution is 7.89. The number of aromatic nitrogens is 1. The minimum absolute atomic E-state index is 0.0194. The van der Waals surface area contributed by atoms with Crippen LogP contribution >= 0.6 is 0 Å². The van der Waals surface area contributed by atoms with E-state index in [1.807, 2.05) is 18.7 Å². The topological polar surface area (TPSA) is 116 Å². The third-order valence-corrected chi connectivity index (χ3v) is 8.58. The van der Waals surface area contributed by atoms with Crippen molar-refractivity contribution in [2.45, 2.75) is 57.9 Å². The first kappa shape index (κ1) is 24.7. The number of piperazine rings is 1. The zero-order valence-electron chi connectivity index (χ0n) is 19.5. The number of carbonyl (C=O) groups excluding carboxylic acids is 2. The molecule has 0 aliphatic carbocycles. The summed E-state index contributed by atoms with van der Waals surface area (Å²) < 4.78 is 32.4. The number of hydrogen-bond donors (Lipinski definition) is 1. The predicted octanol–water partition coefficient (Wildman–Crippen LogP) is 0.751. The number of nitrogens with zero attached hydrogens (tertiary/aromatic N) is 4. The van der Waals surface area contributed by atoms with Gasteiger partial charge in [0.1, 0.15) is 10.6 Å². The third kappa shape index (κ3) is 5.49. The van der Waals surface area contributed by atoms with Crippen LogP contribution in [0.4, 0.5) is 0 Å². The van der Waals surface area contributed by atoms with Gasteiger partial charge in [0.05, 0.1) is 6.54 Å². The fourth-order valence-electron chi connectivity index (χ4n) is 4.33. The average molecular weight is 470 g/mol. The largest absolute Gasteiger partial charge is 0.360 e. The molecule has 0 bridgehead atoms. The Kier molecular flexibility index (Phi) is 7.94. The molecule has 180 valence electrons. The molecule has 0 spiro atoms. The maximum absolute atomic E-state index is 13.0. The van der Waals surface area contributed by atoms with Crippen molar-refractivity contribution < 1.29 is 22.5 Å². The lowest BCUT2D eigenvalue weighted by molar-refractivity contribution is -0.138. The summed E-state index contributed by atoms with van der Waals surface area (Å²) in [6.45, 7) is 10.7. The summed E-state index contributed by atoms with van der Waals surface area (Å²) in [4.78, 5) is 29.1. The van der Waals surface area contributed by atoms with Crippen molar-refractivity contribution in [1.82, 2.24) is 24.6 Å². The lowest BCUT2D eigenvalue weighted by Crippen LogP contribution is -2.53. The van der Waals surface area contributed by atoms with Crippen LogP contribution in [0.25, 0.3) is 0 Å². The van der Waals surface area contributed by atoms with Gasteiger partial charge in [0, 0.05) is 51.2 Å². The molecule has 0 aromatic carbocycles. The fourth-order valence-corrected chi connectivity index (χ4v) is 6.09. The number of aryl methyl sites for hydroxylation is 2. The zero-order valence-corrected chi connectivity index (χ0v) is 20.3. The number of hydrogen-bond acceptors (Lipinski definition) is 7. The first-order valence-corrected chi connectivity index (χ1v) is 12.8. The molecule has 1 unspecified atom stereocenters. The molecule has 2 saturated heterocycles. The van der Waals surface area contributed by atoms with Gasteiger partial charge in [0.15, 0.2) is 5.76 Å². The van der Waals surface area contributed by atoms with E-state index in [4.69, 9.17) is 4.52 Å². The van der Waals surface area contributed by atoms with E-state index in [9.17, 15) is 18.0 Å². The Morgan fingerprint density at radius 1 is 1.12 bits per heavy atom. The van der Waals surface area contributed by atoms with Gasteiger partial charge in [0.2, 0.25) is 21.8 Å². The van der Waals surface area contributed by atoms with Crippen molar-refractivity contribution in [3.05, 3.63) is 11.5 Å². The lowest BCUT2D eigenvalue weighted by atomic mass is 9.96. The molecule has 0 radical (unpaired) electrons. The second kappa shape index (κ2) is 10.3. The quantitative estimate of drug-likeness (QED) is 0.626. The van der Waals surface area contributed by atoms with Crippen LogP contribution in [0.1, 0.15) is 44.6 Å². The van der Waals surface area contributed by atoms with Crippen molar-refractivity contribution >= 4 is 21.8 Å². The number of nitrogens with one attached hydrogen (secondary N) is 1. The predicted molar refractivity (Wildman–Crippen MR) is 118 cm³/mol.